The Morgan fingerprint density at radius 2 is 2.11 bits per heavy atom. The van der Waals surface area contributed by atoms with Crippen molar-refractivity contribution in [2.45, 2.75) is 0 Å². The molecule has 0 saturated heterocycles. The zero-order valence-electron chi connectivity index (χ0n) is 9.77. The summed E-state index contributed by atoms with van der Waals surface area (Å²) in [6, 6.07) is 9.67. The Morgan fingerprint density at radius 3 is 2.74 bits per heavy atom. The normalized spacial score (nSPS) is 11.6. The first-order chi connectivity index (χ1) is 9.15. The molecule has 0 radical (unpaired) electrons. The van der Waals surface area contributed by atoms with Crippen molar-refractivity contribution in [1.29, 1.82) is 5.26 Å². The van der Waals surface area contributed by atoms with Crippen molar-refractivity contribution < 1.29 is 4.39 Å². The molecule has 0 bridgehead atoms. The molecule has 2 rings (SSSR count). The van der Waals surface area contributed by atoms with Crippen LogP contribution in [0.2, 0.25) is 5.02 Å². The maximum absolute atomic E-state index is 13.4. The average molecular weight is 274 g/mol. The number of pyridine rings is 1. The SMILES string of the molecule is N#C/C(=C(/N)c1cccc(F)c1Cl)c1cccnc1. The first-order valence-corrected chi connectivity index (χ1v) is 5.77. The van der Waals surface area contributed by atoms with E-state index in [1.807, 2.05) is 6.07 Å². The number of nitrogens with two attached hydrogens (primary N) is 1. The van der Waals surface area contributed by atoms with Gasteiger partial charge in [0, 0.05) is 23.5 Å². The third-order valence-corrected chi connectivity index (χ3v) is 2.96. The standard InChI is InChI=1S/C14H9ClFN3/c15-13-10(4-1-5-12(13)16)14(18)11(7-17)9-3-2-6-19-8-9/h1-6,8H,18H2/b14-11-. The summed E-state index contributed by atoms with van der Waals surface area (Å²) < 4.78 is 13.4. The zero-order chi connectivity index (χ0) is 13.8. The van der Waals surface area contributed by atoms with Crippen molar-refractivity contribution >= 4 is 22.9 Å². The molecule has 0 unspecified atom stereocenters. The van der Waals surface area contributed by atoms with Gasteiger partial charge in [-0.05, 0) is 12.1 Å². The van der Waals surface area contributed by atoms with Gasteiger partial charge in [0.15, 0.2) is 0 Å². The highest BCUT2D eigenvalue weighted by molar-refractivity contribution is 6.32. The van der Waals surface area contributed by atoms with Crippen molar-refractivity contribution in [2.24, 2.45) is 5.73 Å². The van der Waals surface area contributed by atoms with Gasteiger partial charge in [0.25, 0.3) is 0 Å². The molecule has 2 aromatic rings. The van der Waals surface area contributed by atoms with Crippen LogP contribution in [-0.2, 0) is 0 Å². The van der Waals surface area contributed by atoms with E-state index in [-0.39, 0.29) is 16.3 Å². The molecular weight excluding hydrogens is 265 g/mol. The largest absolute Gasteiger partial charge is 0.397 e. The lowest BCUT2D eigenvalue weighted by atomic mass is 10.0. The predicted molar refractivity (Wildman–Crippen MR) is 72.3 cm³/mol. The fraction of sp³-hybridized carbons (Fsp3) is 0. The number of hydrogen-bond acceptors (Lipinski definition) is 3. The molecule has 0 amide bonds. The number of nitrogens with zero attached hydrogens (tertiary/aromatic N) is 2. The van der Waals surface area contributed by atoms with Crippen LogP contribution in [0.25, 0.3) is 11.3 Å². The van der Waals surface area contributed by atoms with E-state index in [1.165, 1.54) is 18.3 Å². The van der Waals surface area contributed by atoms with Gasteiger partial charge in [-0.25, -0.2) is 4.39 Å². The summed E-state index contributed by atoms with van der Waals surface area (Å²) in [4.78, 5) is 3.92. The topological polar surface area (TPSA) is 62.7 Å². The summed E-state index contributed by atoms with van der Waals surface area (Å²) in [5, 5.41) is 9.12. The molecule has 0 fully saturated rings. The highest BCUT2D eigenvalue weighted by atomic mass is 35.5. The summed E-state index contributed by atoms with van der Waals surface area (Å²) in [5.74, 6) is -0.578. The Kier molecular flexibility index (Phi) is 3.79. The van der Waals surface area contributed by atoms with Crippen LogP contribution >= 0.6 is 11.6 Å². The maximum Gasteiger partial charge on any atom is 0.142 e. The minimum atomic E-state index is -0.578. The van der Waals surface area contributed by atoms with Crippen LogP contribution in [0.3, 0.4) is 0 Å². The summed E-state index contributed by atoms with van der Waals surface area (Å²) in [6.45, 7) is 0. The Morgan fingerprint density at radius 1 is 1.32 bits per heavy atom. The van der Waals surface area contributed by atoms with Crippen LogP contribution in [0.5, 0.6) is 0 Å². The molecule has 0 aliphatic rings. The van der Waals surface area contributed by atoms with Gasteiger partial charge < -0.3 is 5.73 Å². The van der Waals surface area contributed by atoms with Crippen molar-refractivity contribution in [1.82, 2.24) is 4.98 Å². The van der Waals surface area contributed by atoms with Crippen molar-refractivity contribution in [2.75, 3.05) is 0 Å². The highest BCUT2D eigenvalue weighted by Crippen LogP contribution is 2.28. The minimum Gasteiger partial charge on any atom is -0.397 e. The number of rotatable bonds is 2. The Hall–Kier alpha value is -2.38. The fourth-order valence-corrected chi connectivity index (χ4v) is 1.87. The number of allylic oxidation sites excluding steroid dienone is 1. The molecule has 0 atom stereocenters. The summed E-state index contributed by atoms with van der Waals surface area (Å²) in [7, 11) is 0. The third-order valence-electron chi connectivity index (χ3n) is 2.57. The third kappa shape index (κ3) is 2.56. The molecule has 1 aromatic carbocycles. The first kappa shape index (κ1) is 13.1. The molecule has 0 aliphatic heterocycles. The number of benzene rings is 1. The van der Waals surface area contributed by atoms with Gasteiger partial charge in [-0.1, -0.05) is 29.8 Å². The van der Waals surface area contributed by atoms with E-state index >= 15 is 0 Å². The van der Waals surface area contributed by atoms with Crippen LogP contribution in [0.1, 0.15) is 11.1 Å². The molecule has 2 N–H and O–H groups in total. The van der Waals surface area contributed by atoms with Gasteiger partial charge in [0.05, 0.1) is 16.3 Å². The molecule has 94 valence electrons. The van der Waals surface area contributed by atoms with Crippen molar-refractivity contribution in [3.63, 3.8) is 0 Å². The second-order valence-corrected chi connectivity index (χ2v) is 4.12. The molecule has 19 heavy (non-hydrogen) atoms. The van der Waals surface area contributed by atoms with Crippen LogP contribution in [0, 0.1) is 17.1 Å². The van der Waals surface area contributed by atoms with E-state index in [0.29, 0.717) is 11.1 Å². The lowest BCUT2D eigenvalue weighted by Gasteiger charge is -2.08. The van der Waals surface area contributed by atoms with Crippen LogP contribution in [0.4, 0.5) is 4.39 Å². The van der Waals surface area contributed by atoms with Gasteiger partial charge in [-0.2, -0.15) is 5.26 Å². The van der Waals surface area contributed by atoms with Gasteiger partial charge in [0.1, 0.15) is 11.9 Å². The van der Waals surface area contributed by atoms with Crippen molar-refractivity contribution in [3.05, 3.63) is 64.7 Å². The average Bonchev–Trinajstić information content (AvgIpc) is 2.44. The second kappa shape index (κ2) is 5.51. The van der Waals surface area contributed by atoms with E-state index in [0.717, 1.165) is 0 Å². The van der Waals surface area contributed by atoms with E-state index in [1.54, 1.807) is 24.4 Å². The zero-order valence-corrected chi connectivity index (χ0v) is 10.5. The molecule has 5 heteroatoms. The van der Waals surface area contributed by atoms with Crippen LogP contribution in [-0.4, -0.2) is 4.98 Å². The van der Waals surface area contributed by atoms with Gasteiger partial charge >= 0.3 is 0 Å². The molecule has 1 heterocycles. The van der Waals surface area contributed by atoms with Crippen LogP contribution in [0.15, 0.2) is 42.7 Å². The highest BCUT2D eigenvalue weighted by Gasteiger charge is 2.13. The Bertz CT molecular complexity index is 675. The van der Waals surface area contributed by atoms with Crippen LogP contribution < -0.4 is 5.73 Å². The lowest BCUT2D eigenvalue weighted by molar-refractivity contribution is 0.628. The Labute approximate surface area is 114 Å². The molecule has 0 saturated carbocycles. The molecule has 0 spiro atoms. The second-order valence-electron chi connectivity index (χ2n) is 3.74. The molecule has 0 aliphatic carbocycles. The first-order valence-electron chi connectivity index (χ1n) is 5.39. The minimum absolute atomic E-state index is 0.100. The predicted octanol–water partition coefficient (Wildman–Crippen LogP) is 3.22. The number of hydrogen-bond donors (Lipinski definition) is 1. The maximum atomic E-state index is 13.4. The van der Waals surface area contributed by atoms with Crippen molar-refractivity contribution in [3.8, 4) is 6.07 Å². The molecule has 3 nitrogen and oxygen atoms in total. The van der Waals surface area contributed by atoms with Gasteiger partial charge in [-0.3, -0.25) is 4.98 Å². The van der Waals surface area contributed by atoms with Gasteiger partial charge in [-0.15, -0.1) is 0 Å². The summed E-state index contributed by atoms with van der Waals surface area (Å²) >= 11 is 5.86. The quantitative estimate of drug-likeness (QED) is 0.855. The summed E-state index contributed by atoms with van der Waals surface area (Å²) in [6.07, 6.45) is 3.10. The van der Waals surface area contributed by atoms with E-state index in [2.05, 4.69) is 4.98 Å². The molecule has 1 aromatic heterocycles. The number of halogens is 2. The van der Waals surface area contributed by atoms with E-state index in [9.17, 15) is 9.65 Å². The number of aromatic nitrogens is 1. The van der Waals surface area contributed by atoms with E-state index in [4.69, 9.17) is 17.3 Å². The fourth-order valence-electron chi connectivity index (χ4n) is 1.64. The van der Waals surface area contributed by atoms with E-state index < -0.39 is 5.82 Å². The number of nitriles is 1. The smallest absolute Gasteiger partial charge is 0.142 e. The lowest BCUT2D eigenvalue weighted by Crippen LogP contribution is -2.02. The Balaban J connectivity index is 2.63. The summed E-state index contributed by atoms with van der Waals surface area (Å²) in [5.41, 5.74) is 7.12. The monoisotopic (exact) mass is 273 g/mol. The molecular formula is C14H9ClFN3. The van der Waals surface area contributed by atoms with Gasteiger partial charge in [0.2, 0.25) is 0 Å².